The Kier molecular flexibility index (Phi) is 4.73. The molecule has 0 unspecified atom stereocenters. The van der Waals surface area contributed by atoms with Crippen molar-refractivity contribution in [2.45, 2.75) is 25.3 Å². The van der Waals surface area contributed by atoms with E-state index < -0.39 is 14.8 Å². The molecule has 0 spiro atoms. The third kappa shape index (κ3) is 4.07. The van der Waals surface area contributed by atoms with Crippen molar-refractivity contribution in [3.63, 3.8) is 0 Å². The Bertz CT molecular complexity index is 648. The van der Waals surface area contributed by atoms with Gasteiger partial charge in [-0.1, -0.05) is 11.6 Å². The number of nitro groups is 1. The minimum atomic E-state index is -3.14. The minimum absolute atomic E-state index is 0.00673. The van der Waals surface area contributed by atoms with E-state index >= 15 is 0 Å². The maximum Gasteiger partial charge on any atom is 0.294 e. The molecule has 1 fully saturated rings. The summed E-state index contributed by atoms with van der Waals surface area (Å²) in [7, 11) is -3.14. The van der Waals surface area contributed by atoms with Gasteiger partial charge in [0.2, 0.25) is 0 Å². The van der Waals surface area contributed by atoms with Crippen LogP contribution in [0.15, 0.2) is 18.2 Å². The molecular formula is C13H17ClN2O4S. The molecule has 116 valence electrons. The predicted octanol–water partition coefficient (Wildman–Crippen LogP) is 2.65. The van der Waals surface area contributed by atoms with Crippen molar-refractivity contribution in [2.75, 3.05) is 23.5 Å². The van der Waals surface area contributed by atoms with Crippen molar-refractivity contribution in [2.24, 2.45) is 0 Å². The van der Waals surface area contributed by atoms with E-state index in [0.717, 1.165) is 12.8 Å². The number of benzene rings is 1. The molecule has 0 amide bonds. The lowest BCUT2D eigenvalue weighted by Crippen LogP contribution is -2.43. The summed E-state index contributed by atoms with van der Waals surface area (Å²) in [6.45, 7) is 0.614. The quantitative estimate of drug-likeness (QED) is 0.625. The molecule has 2 rings (SSSR count). The first-order valence-corrected chi connectivity index (χ1v) is 9.10. The zero-order chi connectivity index (χ0) is 15.6. The van der Waals surface area contributed by atoms with Crippen LogP contribution in [0.25, 0.3) is 0 Å². The van der Waals surface area contributed by atoms with Crippen molar-refractivity contribution in [1.82, 2.24) is 0 Å². The first kappa shape index (κ1) is 16.0. The van der Waals surface area contributed by atoms with Crippen LogP contribution in [-0.2, 0) is 9.84 Å². The summed E-state index contributed by atoms with van der Waals surface area (Å²) >= 11 is 5.82. The standard InChI is InChI=1S/C13H17ClN2O4S/c1-21(19,20)9-11-4-2-3-7-15(11)12-6-5-10(14)8-13(12)16(17)18/h5-6,8,11H,2-4,7,9H2,1H3/t11-/m1/s1. The molecule has 6 nitrogen and oxygen atoms in total. The summed E-state index contributed by atoms with van der Waals surface area (Å²) in [5.41, 5.74) is 0.362. The number of nitrogens with zero attached hydrogens (tertiary/aromatic N) is 2. The Hall–Kier alpha value is -1.34. The molecule has 21 heavy (non-hydrogen) atoms. The van der Waals surface area contributed by atoms with Gasteiger partial charge in [0.15, 0.2) is 0 Å². The second-order valence-corrected chi connectivity index (χ2v) is 7.95. The number of hydrogen-bond acceptors (Lipinski definition) is 5. The molecule has 0 bridgehead atoms. The van der Waals surface area contributed by atoms with Crippen LogP contribution < -0.4 is 4.90 Å². The van der Waals surface area contributed by atoms with E-state index in [1.165, 1.54) is 12.3 Å². The third-order valence-electron chi connectivity index (χ3n) is 3.57. The average molecular weight is 333 g/mol. The number of sulfone groups is 1. The van der Waals surface area contributed by atoms with Gasteiger partial charge in [-0.2, -0.15) is 0 Å². The first-order valence-electron chi connectivity index (χ1n) is 6.66. The van der Waals surface area contributed by atoms with Gasteiger partial charge < -0.3 is 4.90 Å². The molecule has 0 N–H and O–H groups in total. The van der Waals surface area contributed by atoms with E-state index in [9.17, 15) is 18.5 Å². The fourth-order valence-electron chi connectivity index (χ4n) is 2.73. The molecule has 0 saturated carbocycles. The number of hydrogen-bond donors (Lipinski definition) is 0. The van der Waals surface area contributed by atoms with Crippen LogP contribution in [-0.4, -0.2) is 37.9 Å². The molecule has 0 aromatic heterocycles. The topological polar surface area (TPSA) is 80.5 Å². The van der Waals surface area contributed by atoms with Crippen LogP contribution in [0.1, 0.15) is 19.3 Å². The summed E-state index contributed by atoms with van der Waals surface area (Å²) in [6.07, 6.45) is 3.72. The van der Waals surface area contributed by atoms with Gasteiger partial charge in [0.1, 0.15) is 15.5 Å². The van der Waals surface area contributed by atoms with Gasteiger partial charge in [0.25, 0.3) is 5.69 Å². The highest BCUT2D eigenvalue weighted by molar-refractivity contribution is 7.90. The summed E-state index contributed by atoms with van der Waals surface area (Å²) < 4.78 is 23.1. The van der Waals surface area contributed by atoms with Gasteiger partial charge in [0.05, 0.1) is 10.7 Å². The largest absolute Gasteiger partial charge is 0.362 e. The normalized spacial score (nSPS) is 19.5. The zero-order valence-corrected chi connectivity index (χ0v) is 13.2. The molecule has 0 aliphatic carbocycles. The lowest BCUT2D eigenvalue weighted by atomic mass is 10.0. The van der Waals surface area contributed by atoms with Crippen LogP contribution >= 0.6 is 11.6 Å². The van der Waals surface area contributed by atoms with E-state index in [0.29, 0.717) is 23.7 Å². The van der Waals surface area contributed by atoms with Crippen LogP contribution in [0, 0.1) is 10.1 Å². The Morgan fingerprint density at radius 2 is 2.14 bits per heavy atom. The van der Waals surface area contributed by atoms with Gasteiger partial charge in [-0.3, -0.25) is 10.1 Å². The Morgan fingerprint density at radius 3 is 2.76 bits per heavy atom. The van der Waals surface area contributed by atoms with Gasteiger partial charge >= 0.3 is 0 Å². The summed E-state index contributed by atoms with van der Waals surface area (Å²) in [6, 6.07) is 4.27. The molecule has 1 aliphatic heterocycles. The van der Waals surface area contributed by atoms with E-state index in [4.69, 9.17) is 11.6 Å². The second kappa shape index (κ2) is 6.19. The van der Waals surface area contributed by atoms with Crippen molar-refractivity contribution in [3.05, 3.63) is 33.3 Å². The zero-order valence-electron chi connectivity index (χ0n) is 11.7. The highest BCUT2D eigenvalue weighted by Gasteiger charge is 2.30. The smallest absolute Gasteiger partial charge is 0.294 e. The lowest BCUT2D eigenvalue weighted by Gasteiger charge is -2.36. The molecule has 1 atom stereocenters. The molecule has 1 aromatic rings. The monoisotopic (exact) mass is 332 g/mol. The van der Waals surface area contributed by atoms with Crippen LogP contribution in [0.4, 0.5) is 11.4 Å². The maximum absolute atomic E-state index is 11.6. The maximum atomic E-state index is 11.6. The van der Waals surface area contributed by atoms with Crippen LogP contribution in [0.3, 0.4) is 0 Å². The Morgan fingerprint density at radius 1 is 1.43 bits per heavy atom. The van der Waals surface area contributed by atoms with Crippen LogP contribution in [0.2, 0.25) is 5.02 Å². The van der Waals surface area contributed by atoms with Gasteiger partial charge in [-0.05, 0) is 31.4 Å². The van der Waals surface area contributed by atoms with E-state index in [1.807, 2.05) is 4.90 Å². The molecule has 8 heteroatoms. The SMILES string of the molecule is CS(=O)(=O)C[C@H]1CCCCN1c1ccc(Cl)cc1[N+](=O)[O-]. The number of nitro benzene ring substituents is 1. The molecule has 1 aromatic carbocycles. The van der Waals surface area contributed by atoms with Crippen molar-refractivity contribution < 1.29 is 13.3 Å². The van der Waals surface area contributed by atoms with Crippen LogP contribution in [0.5, 0.6) is 0 Å². The van der Waals surface area contributed by atoms with E-state index in [1.54, 1.807) is 12.1 Å². The minimum Gasteiger partial charge on any atom is -0.362 e. The van der Waals surface area contributed by atoms with E-state index in [-0.39, 0.29) is 17.5 Å². The Labute approximate surface area is 128 Å². The number of halogens is 1. The highest BCUT2D eigenvalue weighted by atomic mass is 35.5. The molecule has 1 heterocycles. The van der Waals surface area contributed by atoms with Gasteiger partial charge in [-0.15, -0.1) is 0 Å². The lowest BCUT2D eigenvalue weighted by molar-refractivity contribution is -0.384. The molecular weight excluding hydrogens is 316 g/mol. The fraction of sp³-hybridized carbons (Fsp3) is 0.538. The van der Waals surface area contributed by atoms with Gasteiger partial charge in [-0.25, -0.2) is 8.42 Å². The van der Waals surface area contributed by atoms with Crippen molar-refractivity contribution in [1.29, 1.82) is 0 Å². The molecule has 1 aliphatic rings. The first-order chi connectivity index (χ1) is 9.78. The predicted molar refractivity (Wildman–Crippen MR) is 82.8 cm³/mol. The molecule has 0 radical (unpaired) electrons. The number of rotatable bonds is 4. The highest BCUT2D eigenvalue weighted by Crippen LogP contribution is 2.35. The number of piperidine rings is 1. The van der Waals surface area contributed by atoms with Gasteiger partial charge in [0, 0.05) is 29.9 Å². The summed E-state index contributed by atoms with van der Waals surface area (Å²) in [4.78, 5) is 12.6. The Balaban J connectivity index is 2.40. The van der Waals surface area contributed by atoms with E-state index in [2.05, 4.69) is 0 Å². The summed E-state index contributed by atoms with van der Waals surface area (Å²) in [5.74, 6) is 0.00673. The fourth-order valence-corrected chi connectivity index (χ4v) is 3.94. The summed E-state index contributed by atoms with van der Waals surface area (Å²) in [5, 5.41) is 11.5. The third-order valence-corrected chi connectivity index (χ3v) is 4.79. The van der Waals surface area contributed by atoms with Crippen molar-refractivity contribution >= 4 is 32.8 Å². The average Bonchev–Trinajstić information content (AvgIpc) is 2.37. The number of anilines is 1. The second-order valence-electron chi connectivity index (χ2n) is 5.33. The van der Waals surface area contributed by atoms with Crippen molar-refractivity contribution in [3.8, 4) is 0 Å². The molecule has 1 saturated heterocycles.